The molecular weight excluding hydrogens is 398 g/mol. The van der Waals surface area contributed by atoms with Crippen LogP contribution in [-0.2, 0) is 10.6 Å². The molecule has 0 aromatic heterocycles. The topological polar surface area (TPSA) is 48.0 Å². The van der Waals surface area contributed by atoms with Gasteiger partial charge in [0.05, 0.1) is 6.61 Å². The summed E-state index contributed by atoms with van der Waals surface area (Å²) in [4.78, 5) is 12.4. The molecule has 2 rings (SSSR count). The number of benzene rings is 1. The Morgan fingerprint density at radius 1 is 1.07 bits per heavy atom. The minimum absolute atomic E-state index is 0.274. The van der Waals surface area contributed by atoms with E-state index in [1.165, 1.54) is 62.1 Å². The van der Waals surface area contributed by atoms with E-state index in [1.807, 2.05) is 26.0 Å². The van der Waals surface area contributed by atoms with Gasteiger partial charge >= 0.3 is 6.09 Å². The molecular formula is C24H39NO4S. The van der Waals surface area contributed by atoms with Crippen LogP contribution in [0.4, 0.5) is 4.79 Å². The average molecular weight is 438 g/mol. The quantitative estimate of drug-likeness (QED) is 0.173. The van der Waals surface area contributed by atoms with E-state index in [9.17, 15) is 4.79 Å². The van der Waals surface area contributed by atoms with Gasteiger partial charge in [0.1, 0.15) is 17.8 Å². The van der Waals surface area contributed by atoms with Crippen LogP contribution in [0.5, 0.6) is 11.5 Å². The third-order valence-electron chi connectivity index (χ3n) is 5.26. The predicted molar refractivity (Wildman–Crippen MR) is 124 cm³/mol. The minimum Gasteiger partial charge on any atom is -0.483 e. The first-order valence-corrected chi connectivity index (χ1v) is 12.2. The Hall–Kier alpha value is -1.40. The lowest BCUT2D eigenvalue weighted by molar-refractivity contribution is 0.131. The molecule has 1 aromatic carbocycles. The smallest absolute Gasteiger partial charge is 0.426 e. The lowest BCUT2D eigenvalue weighted by atomic mass is 10.0. The maximum atomic E-state index is 12.4. The number of ether oxygens (including phenoxy) is 2. The van der Waals surface area contributed by atoms with Gasteiger partial charge in [-0.3, -0.25) is 4.18 Å². The van der Waals surface area contributed by atoms with Gasteiger partial charge in [0, 0.05) is 19.0 Å². The Morgan fingerprint density at radius 2 is 1.70 bits per heavy atom. The van der Waals surface area contributed by atoms with Crippen LogP contribution in [0.1, 0.15) is 90.5 Å². The maximum absolute atomic E-state index is 12.4. The van der Waals surface area contributed by atoms with Crippen molar-refractivity contribution in [3.8, 4) is 11.5 Å². The van der Waals surface area contributed by atoms with E-state index in [0.717, 1.165) is 30.6 Å². The van der Waals surface area contributed by atoms with Crippen LogP contribution < -0.4 is 9.47 Å². The van der Waals surface area contributed by atoms with Gasteiger partial charge in [-0.1, -0.05) is 76.8 Å². The van der Waals surface area contributed by atoms with Crippen molar-refractivity contribution in [1.82, 2.24) is 4.31 Å². The number of carbonyl (C=O) groups excluding carboxylic acids is 1. The lowest BCUT2D eigenvalue weighted by Gasteiger charge is -2.19. The third kappa shape index (κ3) is 8.76. The van der Waals surface area contributed by atoms with Gasteiger partial charge in [0.25, 0.3) is 0 Å². The van der Waals surface area contributed by atoms with Crippen LogP contribution in [-0.4, -0.2) is 29.7 Å². The van der Waals surface area contributed by atoms with Gasteiger partial charge in [-0.05, 0) is 26.3 Å². The molecule has 0 saturated heterocycles. The summed E-state index contributed by atoms with van der Waals surface area (Å²) in [5.41, 5.74) is 0.793. The molecule has 0 aliphatic carbocycles. The Balaban J connectivity index is 1.55. The number of hydrogen-bond donors (Lipinski definition) is 0. The summed E-state index contributed by atoms with van der Waals surface area (Å²) in [6.45, 7) is 6.95. The number of rotatable bonds is 14. The van der Waals surface area contributed by atoms with E-state index in [2.05, 4.69) is 6.92 Å². The van der Waals surface area contributed by atoms with Crippen molar-refractivity contribution >= 4 is 18.3 Å². The average Bonchev–Trinajstić information content (AvgIpc) is 3.03. The van der Waals surface area contributed by atoms with E-state index in [1.54, 1.807) is 13.1 Å². The Labute approximate surface area is 187 Å². The number of carbonyl (C=O) groups is 1. The largest absolute Gasteiger partial charge is 0.483 e. The van der Waals surface area contributed by atoms with Crippen molar-refractivity contribution < 1.29 is 18.5 Å². The van der Waals surface area contributed by atoms with Gasteiger partial charge in [0.15, 0.2) is 11.5 Å². The molecule has 30 heavy (non-hydrogen) atoms. The second-order valence-corrected chi connectivity index (χ2v) is 9.66. The third-order valence-corrected chi connectivity index (χ3v) is 5.90. The molecule has 0 spiro atoms. The summed E-state index contributed by atoms with van der Waals surface area (Å²) in [5, 5.41) is 0. The molecule has 0 unspecified atom stereocenters. The summed E-state index contributed by atoms with van der Waals surface area (Å²) >= 11 is 1.03. The van der Waals surface area contributed by atoms with Crippen molar-refractivity contribution in [2.24, 2.45) is 0 Å². The first-order valence-electron chi connectivity index (χ1n) is 11.5. The van der Waals surface area contributed by atoms with Gasteiger partial charge in [-0.25, -0.2) is 9.10 Å². The number of para-hydroxylation sites is 1. The van der Waals surface area contributed by atoms with Gasteiger partial charge in [-0.15, -0.1) is 0 Å². The lowest BCUT2D eigenvalue weighted by Crippen LogP contribution is -2.26. The fourth-order valence-electron chi connectivity index (χ4n) is 3.62. The zero-order valence-electron chi connectivity index (χ0n) is 19.2. The highest BCUT2D eigenvalue weighted by molar-refractivity contribution is 7.92. The molecule has 1 aliphatic rings. The number of unbranched alkanes of at least 4 members (excludes halogenated alkanes) is 9. The molecule has 1 heterocycles. The first kappa shape index (κ1) is 24.9. The zero-order chi connectivity index (χ0) is 21.8. The fraction of sp³-hybridized carbons (Fsp3) is 0.708. The summed E-state index contributed by atoms with van der Waals surface area (Å²) < 4.78 is 18.4. The maximum Gasteiger partial charge on any atom is 0.426 e. The molecule has 5 nitrogen and oxygen atoms in total. The van der Waals surface area contributed by atoms with Crippen molar-refractivity contribution in [3.05, 3.63) is 23.8 Å². The summed E-state index contributed by atoms with van der Waals surface area (Å²) in [5.74, 6) is 1.13. The molecule has 0 atom stereocenters. The van der Waals surface area contributed by atoms with Crippen molar-refractivity contribution in [2.75, 3.05) is 13.7 Å². The minimum atomic E-state index is -0.468. The zero-order valence-corrected chi connectivity index (χ0v) is 20.0. The Kier molecular flexibility index (Phi) is 10.9. The normalized spacial score (nSPS) is 14.3. The summed E-state index contributed by atoms with van der Waals surface area (Å²) in [7, 11) is 1.65. The molecule has 0 bridgehead atoms. The predicted octanol–water partition coefficient (Wildman–Crippen LogP) is 7.33. The van der Waals surface area contributed by atoms with Crippen molar-refractivity contribution in [3.63, 3.8) is 0 Å². The summed E-state index contributed by atoms with van der Waals surface area (Å²) in [6, 6.07) is 5.66. The molecule has 0 fully saturated rings. The van der Waals surface area contributed by atoms with Crippen LogP contribution >= 0.6 is 12.2 Å². The van der Waals surface area contributed by atoms with Crippen molar-refractivity contribution in [1.29, 1.82) is 0 Å². The van der Waals surface area contributed by atoms with Crippen molar-refractivity contribution in [2.45, 2.75) is 97.0 Å². The fourth-order valence-corrected chi connectivity index (χ4v) is 4.07. The van der Waals surface area contributed by atoms with Gasteiger partial charge in [-0.2, -0.15) is 0 Å². The van der Waals surface area contributed by atoms with E-state index in [4.69, 9.17) is 13.7 Å². The van der Waals surface area contributed by atoms with Crippen LogP contribution in [0, 0.1) is 0 Å². The van der Waals surface area contributed by atoms with E-state index >= 15 is 0 Å². The first-order chi connectivity index (χ1) is 14.4. The number of hydrogen-bond acceptors (Lipinski definition) is 5. The summed E-state index contributed by atoms with van der Waals surface area (Å²) in [6.07, 6.45) is 13.3. The SMILES string of the molecule is CCCCCCCCCCCCOSN(C)C(=O)Oc1cccc2c1OC(C)(C)C2. The molecule has 1 amide bonds. The molecule has 1 aromatic rings. The monoisotopic (exact) mass is 437 g/mol. The van der Waals surface area contributed by atoms with E-state index < -0.39 is 6.09 Å². The molecule has 6 heteroatoms. The van der Waals surface area contributed by atoms with Gasteiger partial charge < -0.3 is 9.47 Å². The Bertz CT molecular complexity index is 650. The van der Waals surface area contributed by atoms with Crippen LogP contribution in [0.25, 0.3) is 0 Å². The van der Waals surface area contributed by atoms with Gasteiger partial charge in [0.2, 0.25) is 0 Å². The standard InChI is InChI=1S/C24H39NO4S/c1-5-6-7-8-9-10-11-12-13-14-18-27-30-25(4)23(26)28-21-17-15-16-20-19-24(2,3)29-22(20)21/h15-17H,5-14,18-19H2,1-4H3. The number of fused-ring (bicyclic) bond motifs is 1. The number of nitrogens with zero attached hydrogens (tertiary/aromatic N) is 1. The highest BCUT2D eigenvalue weighted by Gasteiger charge is 2.33. The molecule has 1 aliphatic heterocycles. The Morgan fingerprint density at radius 3 is 2.37 bits per heavy atom. The number of amides is 1. The molecule has 0 N–H and O–H groups in total. The second kappa shape index (κ2) is 13.1. The van der Waals surface area contributed by atoms with Crippen LogP contribution in [0.15, 0.2) is 18.2 Å². The highest BCUT2D eigenvalue weighted by Crippen LogP contribution is 2.42. The molecule has 0 radical (unpaired) electrons. The van der Waals surface area contributed by atoms with Crippen LogP contribution in [0.2, 0.25) is 0 Å². The van der Waals surface area contributed by atoms with E-state index in [-0.39, 0.29) is 5.60 Å². The molecule has 170 valence electrons. The van der Waals surface area contributed by atoms with Crippen LogP contribution in [0.3, 0.4) is 0 Å². The molecule has 0 saturated carbocycles. The van der Waals surface area contributed by atoms with E-state index in [0.29, 0.717) is 18.1 Å². The highest BCUT2D eigenvalue weighted by atomic mass is 32.2. The second-order valence-electron chi connectivity index (χ2n) is 8.73.